The van der Waals surface area contributed by atoms with Crippen LogP contribution in [0, 0.1) is 5.92 Å². The lowest BCUT2D eigenvalue weighted by atomic mass is 9.80. The van der Waals surface area contributed by atoms with Crippen molar-refractivity contribution in [3.63, 3.8) is 0 Å². The number of ether oxygens (including phenoxy) is 1. The van der Waals surface area contributed by atoms with E-state index in [1.54, 1.807) is 49.4 Å². The number of aromatic amines is 1. The number of benzene rings is 2. The molecule has 31 heavy (non-hydrogen) atoms. The molecule has 4 rings (SSSR count). The van der Waals surface area contributed by atoms with E-state index in [-0.39, 0.29) is 12.6 Å². The van der Waals surface area contributed by atoms with Crippen LogP contribution in [0.2, 0.25) is 0 Å². The predicted octanol–water partition coefficient (Wildman–Crippen LogP) is 2.83. The van der Waals surface area contributed by atoms with E-state index in [1.165, 1.54) is 0 Å². The molecule has 0 saturated heterocycles. The zero-order valence-corrected chi connectivity index (χ0v) is 17.5. The van der Waals surface area contributed by atoms with Crippen molar-refractivity contribution in [3.8, 4) is 0 Å². The quantitative estimate of drug-likeness (QED) is 0.576. The highest BCUT2D eigenvalue weighted by molar-refractivity contribution is 8.05. The van der Waals surface area contributed by atoms with Gasteiger partial charge < -0.3 is 14.6 Å². The Kier molecular flexibility index (Phi) is 5.64. The summed E-state index contributed by atoms with van der Waals surface area (Å²) in [5.74, 6) is -1.21. The minimum absolute atomic E-state index is 0.101. The zero-order chi connectivity index (χ0) is 22.0. The van der Waals surface area contributed by atoms with E-state index in [4.69, 9.17) is 4.74 Å². The number of carbonyl (C=O) groups is 1. The minimum Gasteiger partial charge on any atom is -0.449 e. The van der Waals surface area contributed by atoms with Gasteiger partial charge in [-0.25, -0.2) is 18.0 Å². The molecule has 0 fully saturated rings. The molecule has 1 heterocycles. The number of nitrogens with zero attached hydrogens (tertiary/aromatic N) is 1. The average Bonchev–Trinajstić information content (AvgIpc) is 3.17. The Balaban J connectivity index is 1.62. The van der Waals surface area contributed by atoms with Gasteiger partial charge in [0, 0.05) is 6.04 Å². The average molecular weight is 443 g/mol. The van der Waals surface area contributed by atoms with Gasteiger partial charge in [-0.1, -0.05) is 61.5 Å². The number of hydrogen-bond acceptors (Lipinski definition) is 8. The summed E-state index contributed by atoms with van der Waals surface area (Å²) in [6, 6.07) is 15.5. The molecule has 2 aromatic carbocycles. The molecule has 1 unspecified atom stereocenters. The molecule has 0 bridgehead atoms. The number of anilines is 1. The molecule has 162 valence electrons. The van der Waals surface area contributed by atoms with Crippen LogP contribution in [-0.4, -0.2) is 29.9 Å². The summed E-state index contributed by atoms with van der Waals surface area (Å²) in [5, 5.41) is 3.00. The van der Waals surface area contributed by atoms with Crippen LogP contribution >= 0.6 is 0 Å². The van der Waals surface area contributed by atoms with Crippen molar-refractivity contribution >= 4 is 21.1 Å². The third-order valence-electron chi connectivity index (χ3n) is 5.44. The van der Waals surface area contributed by atoms with Gasteiger partial charge in [-0.2, -0.15) is 5.16 Å². The minimum atomic E-state index is -4.33. The van der Waals surface area contributed by atoms with E-state index in [2.05, 4.69) is 20.0 Å². The number of sulfone groups is 1. The summed E-state index contributed by atoms with van der Waals surface area (Å²) in [5.41, 5.74) is 2.05. The third kappa shape index (κ3) is 4.24. The fourth-order valence-electron chi connectivity index (χ4n) is 3.92. The van der Waals surface area contributed by atoms with Crippen molar-refractivity contribution in [1.82, 2.24) is 10.1 Å². The van der Waals surface area contributed by atoms with Crippen LogP contribution in [0.25, 0.3) is 0 Å². The predicted molar refractivity (Wildman–Crippen MR) is 112 cm³/mol. The van der Waals surface area contributed by atoms with Gasteiger partial charge in [-0.15, -0.1) is 4.98 Å². The van der Waals surface area contributed by atoms with E-state index < -0.39 is 38.1 Å². The van der Waals surface area contributed by atoms with Crippen molar-refractivity contribution < 1.29 is 22.5 Å². The molecule has 0 aliphatic heterocycles. The molecule has 9 nitrogen and oxygen atoms in total. The maximum atomic E-state index is 13.3. The molecule has 10 heteroatoms. The number of fused-ring (bicyclic) bond motifs is 1. The standard InChI is InChI=1S/C21H21N3O6S/c1-13-17(22-19-23-20(25)30-24-19)11-15-9-5-6-10-16(15)18(13)31(27,28)21(26)29-12-14-7-3-2-4-8-14/h2-10,13,17-18H,11-12H2,1H3,(H2,22,23,24,25)/t13-,17-,18?/m1/s1. The van der Waals surface area contributed by atoms with Crippen molar-refractivity contribution in [2.75, 3.05) is 5.32 Å². The Morgan fingerprint density at radius 1 is 1.19 bits per heavy atom. The summed E-state index contributed by atoms with van der Waals surface area (Å²) in [7, 11) is -4.33. The normalized spacial score (nSPS) is 20.6. The summed E-state index contributed by atoms with van der Waals surface area (Å²) in [4.78, 5) is 27.5. The highest BCUT2D eigenvalue weighted by atomic mass is 32.2. The second kappa shape index (κ2) is 8.38. The molecule has 0 spiro atoms. The largest absolute Gasteiger partial charge is 0.461 e. The van der Waals surface area contributed by atoms with Crippen LogP contribution in [0.5, 0.6) is 0 Å². The molecule has 1 aliphatic carbocycles. The molecule has 0 amide bonds. The second-order valence-corrected chi connectivity index (χ2v) is 9.36. The maximum absolute atomic E-state index is 13.3. The second-order valence-electron chi connectivity index (χ2n) is 7.43. The number of aromatic nitrogens is 2. The Morgan fingerprint density at radius 3 is 2.61 bits per heavy atom. The molecule has 1 aromatic heterocycles. The van der Waals surface area contributed by atoms with Gasteiger partial charge >= 0.3 is 11.1 Å². The van der Waals surface area contributed by atoms with Crippen LogP contribution < -0.4 is 11.1 Å². The third-order valence-corrected chi connectivity index (χ3v) is 7.37. The monoisotopic (exact) mass is 443 g/mol. The molecular formula is C21H21N3O6S. The molecular weight excluding hydrogens is 422 g/mol. The van der Waals surface area contributed by atoms with Crippen LogP contribution in [0.1, 0.15) is 28.9 Å². The van der Waals surface area contributed by atoms with E-state index in [0.29, 0.717) is 17.5 Å². The first-order chi connectivity index (χ1) is 14.9. The molecule has 3 aromatic rings. The highest BCUT2D eigenvalue weighted by Crippen LogP contribution is 2.41. The van der Waals surface area contributed by atoms with E-state index in [9.17, 15) is 18.0 Å². The summed E-state index contributed by atoms with van der Waals surface area (Å²) in [6.07, 6.45) is 0.483. The van der Waals surface area contributed by atoms with Crippen molar-refractivity contribution in [2.24, 2.45) is 5.92 Å². The number of hydrogen-bond donors (Lipinski definition) is 2. The lowest BCUT2D eigenvalue weighted by molar-refractivity contribution is 0.165. The Bertz CT molecular complexity index is 1240. The lowest BCUT2D eigenvalue weighted by Gasteiger charge is -2.36. The van der Waals surface area contributed by atoms with Crippen molar-refractivity contribution in [3.05, 3.63) is 81.8 Å². The first-order valence-electron chi connectivity index (χ1n) is 9.70. The van der Waals surface area contributed by atoms with E-state index in [0.717, 1.165) is 5.56 Å². The van der Waals surface area contributed by atoms with Gasteiger partial charge in [0.2, 0.25) is 5.95 Å². The van der Waals surface area contributed by atoms with Crippen LogP contribution in [0.3, 0.4) is 0 Å². The maximum Gasteiger partial charge on any atom is 0.461 e. The van der Waals surface area contributed by atoms with Gasteiger partial charge in [-0.05, 0) is 29.0 Å². The van der Waals surface area contributed by atoms with Crippen LogP contribution in [0.4, 0.5) is 10.7 Å². The zero-order valence-electron chi connectivity index (χ0n) is 16.6. The lowest BCUT2D eigenvalue weighted by Crippen LogP contribution is -2.42. The molecule has 1 aliphatic rings. The van der Waals surface area contributed by atoms with E-state index in [1.807, 2.05) is 12.1 Å². The Morgan fingerprint density at radius 2 is 1.90 bits per heavy atom. The number of rotatable bonds is 5. The van der Waals surface area contributed by atoms with Gasteiger partial charge in [0.1, 0.15) is 11.9 Å². The number of carbonyl (C=O) groups excluding carboxylic acids is 1. The smallest absolute Gasteiger partial charge is 0.449 e. The van der Waals surface area contributed by atoms with Crippen molar-refractivity contribution in [1.29, 1.82) is 0 Å². The van der Waals surface area contributed by atoms with Crippen LogP contribution in [-0.2, 0) is 27.6 Å². The van der Waals surface area contributed by atoms with Crippen LogP contribution in [0.15, 0.2) is 63.9 Å². The van der Waals surface area contributed by atoms with E-state index >= 15 is 0 Å². The summed E-state index contributed by atoms with van der Waals surface area (Å²) >= 11 is 0. The molecule has 0 radical (unpaired) electrons. The first kappa shape index (κ1) is 20.9. The highest BCUT2D eigenvalue weighted by Gasteiger charge is 2.46. The summed E-state index contributed by atoms with van der Waals surface area (Å²) in [6.45, 7) is 1.60. The fourth-order valence-corrected chi connectivity index (χ4v) is 5.67. The Hall–Kier alpha value is -3.40. The van der Waals surface area contributed by atoms with Crippen molar-refractivity contribution in [2.45, 2.75) is 31.2 Å². The summed E-state index contributed by atoms with van der Waals surface area (Å²) < 4.78 is 36.3. The SMILES string of the molecule is C[C@H]1C(S(=O)(=O)C(=O)OCc2ccccc2)c2ccccc2C[C@H]1Nc1nc(=O)o[nH]1. The first-order valence-corrected chi connectivity index (χ1v) is 11.3. The topological polar surface area (TPSA) is 131 Å². The molecule has 0 saturated carbocycles. The fraction of sp³-hybridized carbons (Fsp3) is 0.286. The molecule has 2 N–H and O–H groups in total. The van der Waals surface area contributed by atoms with Gasteiger partial charge in [0.15, 0.2) is 0 Å². The number of nitrogens with one attached hydrogen (secondary N) is 2. The van der Waals surface area contributed by atoms with Gasteiger partial charge in [0.05, 0.1) is 0 Å². The number of H-pyrrole nitrogens is 1. The molecule has 3 atom stereocenters. The van der Waals surface area contributed by atoms with Gasteiger partial charge in [0.25, 0.3) is 9.84 Å². The van der Waals surface area contributed by atoms with Gasteiger partial charge in [-0.3, -0.25) is 0 Å². The Labute approximate surface area is 178 Å².